The van der Waals surface area contributed by atoms with E-state index >= 15 is 0 Å². The van der Waals surface area contributed by atoms with E-state index < -0.39 is 47.9 Å². The summed E-state index contributed by atoms with van der Waals surface area (Å²) in [6.07, 6.45) is 3.67. The average Bonchev–Trinajstić information content (AvgIpc) is 2.75. The van der Waals surface area contributed by atoms with Crippen LogP contribution in [0.1, 0.15) is 72.6 Å². The molecule has 0 fully saturated rings. The number of nitrogens with one attached hydrogen (secondary N) is 3. The van der Waals surface area contributed by atoms with E-state index in [1.54, 1.807) is 13.8 Å². The third-order valence-electron chi connectivity index (χ3n) is 5.45. The fraction of sp³-hybridized carbons (Fsp3) is 0.826. The second-order valence-corrected chi connectivity index (χ2v) is 9.50. The normalized spacial score (nSPS) is 14.9. The predicted octanol–water partition coefficient (Wildman–Crippen LogP) is -0.187. The van der Waals surface area contributed by atoms with Gasteiger partial charge in [-0.05, 0) is 63.5 Å². The molecule has 0 radical (unpaired) electrons. The van der Waals surface area contributed by atoms with Gasteiger partial charge in [0.25, 0.3) is 0 Å². The fourth-order valence-corrected chi connectivity index (χ4v) is 3.42. The highest BCUT2D eigenvalue weighted by atomic mass is 16.4. The summed E-state index contributed by atoms with van der Waals surface area (Å²) in [5.74, 6) is -2.88. The fourth-order valence-electron chi connectivity index (χ4n) is 3.42. The highest BCUT2D eigenvalue weighted by Gasteiger charge is 2.31. The highest BCUT2D eigenvalue weighted by Crippen LogP contribution is 2.10. The first-order valence-corrected chi connectivity index (χ1v) is 12.2. The van der Waals surface area contributed by atoms with Crippen LogP contribution in [-0.4, -0.2) is 66.1 Å². The largest absolute Gasteiger partial charge is 0.480 e. The number of aliphatic carboxylic acids is 1. The summed E-state index contributed by atoms with van der Waals surface area (Å²) >= 11 is 0. The van der Waals surface area contributed by atoms with Crippen molar-refractivity contribution in [3.05, 3.63) is 0 Å². The molecular weight excluding hydrogens is 440 g/mol. The number of hydrogen-bond donors (Lipinski definition) is 7. The molecule has 198 valence electrons. The molecule has 4 unspecified atom stereocenters. The summed E-state index contributed by atoms with van der Waals surface area (Å²) in [4.78, 5) is 50.0. The Morgan fingerprint density at radius 1 is 0.735 bits per heavy atom. The summed E-state index contributed by atoms with van der Waals surface area (Å²) in [6, 6.07) is -3.67. The molecule has 0 bridgehead atoms. The molecule has 0 heterocycles. The van der Waals surface area contributed by atoms with Crippen molar-refractivity contribution >= 4 is 23.7 Å². The number of rotatable bonds is 18. The van der Waals surface area contributed by atoms with Crippen molar-refractivity contribution < 1.29 is 24.3 Å². The van der Waals surface area contributed by atoms with Crippen LogP contribution in [0.2, 0.25) is 0 Å². The van der Waals surface area contributed by atoms with Gasteiger partial charge in [-0.25, -0.2) is 4.79 Å². The van der Waals surface area contributed by atoms with Crippen LogP contribution >= 0.6 is 0 Å². The van der Waals surface area contributed by atoms with Crippen molar-refractivity contribution in [3.8, 4) is 0 Å². The first-order chi connectivity index (χ1) is 15.9. The minimum atomic E-state index is -1.14. The van der Waals surface area contributed by atoms with Crippen molar-refractivity contribution in [1.29, 1.82) is 0 Å². The molecule has 0 spiro atoms. The summed E-state index contributed by atoms with van der Waals surface area (Å²) < 4.78 is 0. The molecule has 0 saturated heterocycles. The van der Waals surface area contributed by atoms with E-state index in [1.165, 1.54) is 0 Å². The first-order valence-electron chi connectivity index (χ1n) is 12.2. The van der Waals surface area contributed by atoms with Crippen LogP contribution in [-0.2, 0) is 19.2 Å². The average molecular weight is 487 g/mol. The molecule has 3 amide bonds. The summed E-state index contributed by atoms with van der Waals surface area (Å²) in [6.45, 7) is 8.29. The predicted molar refractivity (Wildman–Crippen MR) is 132 cm³/mol. The standard InChI is InChI=1S/C23H46N6O5/c1-14(2)13-18(21(31)27-17(23(33)34)10-6-8-12-25)28-22(32)19(15(3)4)29-20(30)16(26)9-5-7-11-24/h14-19H,5-13,24-26H2,1-4H3,(H,27,31)(H,28,32)(H,29,30)(H,33,34). The molecule has 0 aromatic heterocycles. The number of unbranched alkanes of at least 4 members (excludes halogenated alkanes) is 2. The molecule has 0 aromatic rings. The Balaban J connectivity index is 5.30. The monoisotopic (exact) mass is 486 g/mol. The van der Waals surface area contributed by atoms with Gasteiger partial charge in [0.15, 0.2) is 0 Å². The number of carbonyl (C=O) groups is 4. The Kier molecular flexibility index (Phi) is 16.1. The summed E-state index contributed by atoms with van der Waals surface area (Å²) in [5.41, 5.74) is 16.9. The van der Waals surface area contributed by atoms with Crippen LogP contribution < -0.4 is 33.2 Å². The third-order valence-corrected chi connectivity index (χ3v) is 5.45. The van der Waals surface area contributed by atoms with Crippen molar-refractivity contribution in [1.82, 2.24) is 16.0 Å². The van der Waals surface area contributed by atoms with Crippen LogP contribution in [0, 0.1) is 11.8 Å². The van der Waals surface area contributed by atoms with E-state index in [1.807, 2.05) is 13.8 Å². The maximum absolute atomic E-state index is 13.0. The van der Waals surface area contributed by atoms with E-state index in [2.05, 4.69) is 16.0 Å². The maximum Gasteiger partial charge on any atom is 0.326 e. The van der Waals surface area contributed by atoms with Gasteiger partial charge in [-0.2, -0.15) is 0 Å². The summed E-state index contributed by atoms with van der Waals surface area (Å²) in [7, 11) is 0. The third kappa shape index (κ3) is 12.9. The van der Waals surface area contributed by atoms with Crippen molar-refractivity contribution in [2.45, 2.75) is 96.8 Å². The van der Waals surface area contributed by atoms with Crippen LogP contribution in [0.25, 0.3) is 0 Å². The molecule has 4 atom stereocenters. The number of nitrogens with two attached hydrogens (primary N) is 3. The molecule has 0 aromatic carbocycles. The molecule has 0 aliphatic heterocycles. The maximum atomic E-state index is 13.0. The van der Waals surface area contributed by atoms with Crippen LogP contribution in [0.15, 0.2) is 0 Å². The molecule has 11 nitrogen and oxygen atoms in total. The Bertz CT molecular complexity index is 643. The van der Waals surface area contributed by atoms with Crippen LogP contribution in [0.3, 0.4) is 0 Å². The second kappa shape index (κ2) is 17.2. The van der Waals surface area contributed by atoms with Crippen molar-refractivity contribution in [2.24, 2.45) is 29.0 Å². The van der Waals surface area contributed by atoms with Gasteiger partial charge in [0.05, 0.1) is 6.04 Å². The molecule has 10 N–H and O–H groups in total. The number of carboxylic acids is 1. The Morgan fingerprint density at radius 3 is 1.74 bits per heavy atom. The number of carboxylic acid groups (broad SMARTS) is 1. The molecule has 0 saturated carbocycles. The molecule has 0 aliphatic carbocycles. The molecule has 0 rings (SSSR count). The number of amides is 3. The smallest absolute Gasteiger partial charge is 0.326 e. The minimum Gasteiger partial charge on any atom is -0.480 e. The second-order valence-electron chi connectivity index (χ2n) is 9.50. The van der Waals surface area contributed by atoms with Gasteiger partial charge in [0.1, 0.15) is 18.1 Å². The lowest BCUT2D eigenvalue weighted by Gasteiger charge is -2.27. The van der Waals surface area contributed by atoms with E-state index in [0.29, 0.717) is 45.2 Å². The Hall–Kier alpha value is -2.24. The van der Waals surface area contributed by atoms with Gasteiger partial charge in [0, 0.05) is 0 Å². The lowest BCUT2D eigenvalue weighted by Crippen LogP contribution is -2.58. The topological polar surface area (TPSA) is 203 Å². The van der Waals surface area contributed by atoms with Gasteiger partial charge in [-0.15, -0.1) is 0 Å². The zero-order chi connectivity index (χ0) is 26.3. The van der Waals surface area contributed by atoms with Crippen LogP contribution in [0.4, 0.5) is 0 Å². The lowest BCUT2D eigenvalue weighted by atomic mass is 9.99. The molecule has 11 heteroatoms. The quantitative estimate of drug-likeness (QED) is 0.129. The van der Waals surface area contributed by atoms with E-state index in [4.69, 9.17) is 17.2 Å². The molecule has 0 aliphatic rings. The van der Waals surface area contributed by atoms with Gasteiger partial charge < -0.3 is 38.3 Å². The molecular formula is C23H46N6O5. The highest BCUT2D eigenvalue weighted by molar-refractivity contribution is 5.94. The Labute approximate surface area is 203 Å². The van der Waals surface area contributed by atoms with E-state index in [0.717, 1.165) is 6.42 Å². The van der Waals surface area contributed by atoms with Gasteiger partial charge in [-0.1, -0.05) is 34.1 Å². The number of hydrogen-bond acceptors (Lipinski definition) is 7. The minimum absolute atomic E-state index is 0.0552. The van der Waals surface area contributed by atoms with E-state index in [-0.39, 0.29) is 18.3 Å². The van der Waals surface area contributed by atoms with Gasteiger partial charge in [-0.3, -0.25) is 14.4 Å². The van der Waals surface area contributed by atoms with Crippen molar-refractivity contribution in [3.63, 3.8) is 0 Å². The first kappa shape index (κ1) is 31.8. The lowest BCUT2D eigenvalue weighted by molar-refractivity contribution is -0.142. The van der Waals surface area contributed by atoms with Crippen molar-refractivity contribution in [2.75, 3.05) is 13.1 Å². The zero-order valence-corrected chi connectivity index (χ0v) is 21.1. The van der Waals surface area contributed by atoms with Gasteiger partial charge >= 0.3 is 5.97 Å². The van der Waals surface area contributed by atoms with E-state index in [9.17, 15) is 24.3 Å². The summed E-state index contributed by atoms with van der Waals surface area (Å²) in [5, 5.41) is 17.4. The van der Waals surface area contributed by atoms with Crippen LogP contribution in [0.5, 0.6) is 0 Å². The molecule has 34 heavy (non-hydrogen) atoms. The number of carbonyl (C=O) groups excluding carboxylic acids is 3. The zero-order valence-electron chi connectivity index (χ0n) is 21.1. The Morgan fingerprint density at radius 2 is 1.26 bits per heavy atom. The van der Waals surface area contributed by atoms with Gasteiger partial charge in [0.2, 0.25) is 17.7 Å². The SMILES string of the molecule is CC(C)CC(NC(=O)C(NC(=O)C(N)CCCCN)C(C)C)C(=O)NC(CCCCN)C(=O)O.